The van der Waals surface area contributed by atoms with Gasteiger partial charge in [0.2, 0.25) is 5.91 Å². The highest BCUT2D eigenvalue weighted by Crippen LogP contribution is 2.39. The number of hydrogen-bond acceptors (Lipinski definition) is 5. The van der Waals surface area contributed by atoms with Gasteiger partial charge in [-0.15, -0.1) is 11.8 Å². The Hall–Kier alpha value is -2.22. The molecule has 2 heterocycles. The lowest BCUT2D eigenvalue weighted by Crippen LogP contribution is -2.47. The molecule has 30 heavy (non-hydrogen) atoms. The van der Waals surface area contributed by atoms with Gasteiger partial charge >= 0.3 is 12.1 Å². The number of amides is 2. The van der Waals surface area contributed by atoms with Crippen LogP contribution in [0.5, 0.6) is 0 Å². The second-order valence-electron chi connectivity index (χ2n) is 7.99. The first-order valence-corrected chi connectivity index (χ1v) is 11.5. The largest absolute Gasteiger partial charge is 0.466 e. The summed E-state index contributed by atoms with van der Waals surface area (Å²) in [4.78, 5) is 40.0. The molecule has 7 nitrogen and oxygen atoms in total. The van der Waals surface area contributed by atoms with E-state index >= 15 is 0 Å². The summed E-state index contributed by atoms with van der Waals surface area (Å²) < 4.78 is 5.34. The molecule has 0 radical (unpaired) electrons. The lowest BCUT2D eigenvalue weighted by atomic mass is 9.76. The summed E-state index contributed by atoms with van der Waals surface area (Å²) in [5, 5.41) is 9.21. The molecule has 0 unspecified atom stereocenters. The van der Waals surface area contributed by atoms with Crippen molar-refractivity contribution in [3.8, 4) is 0 Å². The highest BCUT2D eigenvalue weighted by Gasteiger charge is 2.43. The van der Waals surface area contributed by atoms with Crippen molar-refractivity contribution in [2.75, 3.05) is 32.0 Å². The van der Waals surface area contributed by atoms with E-state index < -0.39 is 11.5 Å². The van der Waals surface area contributed by atoms with Crippen molar-refractivity contribution in [1.29, 1.82) is 0 Å². The van der Waals surface area contributed by atoms with Gasteiger partial charge in [-0.25, -0.2) is 4.79 Å². The molecular weight excluding hydrogens is 404 g/mol. The summed E-state index contributed by atoms with van der Waals surface area (Å²) in [6.45, 7) is 5.87. The van der Waals surface area contributed by atoms with Crippen LogP contribution in [0.25, 0.3) is 0 Å². The third kappa shape index (κ3) is 5.09. The maximum absolute atomic E-state index is 12.7. The normalized spacial score (nSPS) is 17.9. The maximum Gasteiger partial charge on any atom is 0.407 e. The summed E-state index contributed by atoms with van der Waals surface area (Å²) in [6.07, 6.45) is 1.59. The Balaban J connectivity index is 1.63. The second-order valence-corrected chi connectivity index (χ2v) is 9.16. The fraction of sp³-hybridized carbons (Fsp3) is 0.591. The second kappa shape index (κ2) is 9.73. The van der Waals surface area contributed by atoms with E-state index in [9.17, 15) is 19.5 Å². The number of piperidine rings is 1. The topological polar surface area (TPSA) is 87.2 Å². The predicted molar refractivity (Wildman–Crippen MR) is 114 cm³/mol. The number of esters is 1. The van der Waals surface area contributed by atoms with Crippen LogP contribution in [0.1, 0.15) is 44.2 Å². The van der Waals surface area contributed by atoms with Gasteiger partial charge in [-0.2, -0.15) is 0 Å². The van der Waals surface area contributed by atoms with E-state index in [-0.39, 0.29) is 11.9 Å². The van der Waals surface area contributed by atoms with Crippen molar-refractivity contribution >= 4 is 29.7 Å². The number of hydrogen-bond donors (Lipinski definition) is 1. The first-order chi connectivity index (χ1) is 14.3. The number of ether oxygens (including phenoxy) is 1. The smallest absolute Gasteiger partial charge is 0.407 e. The van der Waals surface area contributed by atoms with Gasteiger partial charge in [0.05, 0.1) is 12.0 Å². The molecule has 2 amide bonds. The molecule has 164 valence electrons. The molecule has 0 bridgehead atoms. The molecular formula is C22H30N2O5S. The van der Waals surface area contributed by atoms with Crippen molar-refractivity contribution in [3.63, 3.8) is 0 Å². The van der Waals surface area contributed by atoms with Gasteiger partial charge < -0.3 is 19.6 Å². The van der Waals surface area contributed by atoms with Crippen LogP contribution in [0.15, 0.2) is 23.1 Å². The number of thioether (sulfide) groups is 1. The average molecular weight is 435 g/mol. The zero-order chi connectivity index (χ0) is 21.7. The molecule has 1 saturated heterocycles. The van der Waals surface area contributed by atoms with E-state index in [1.54, 1.807) is 25.6 Å². The Morgan fingerprint density at radius 2 is 1.87 bits per heavy atom. The molecule has 0 spiro atoms. The van der Waals surface area contributed by atoms with Gasteiger partial charge in [-0.1, -0.05) is 6.07 Å². The molecule has 2 aliphatic heterocycles. The monoisotopic (exact) mass is 434 g/mol. The molecule has 3 rings (SSSR count). The molecule has 0 aromatic heterocycles. The highest BCUT2D eigenvalue weighted by molar-refractivity contribution is 7.99. The predicted octanol–water partition coefficient (Wildman–Crippen LogP) is 3.40. The minimum absolute atomic E-state index is 0.0998. The lowest BCUT2D eigenvalue weighted by Gasteiger charge is -2.38. The maximum atomic E-state index is 12.7. The Labute approximate surface area is 181 Å². The minimum atomic E-state index is -0.935. The zero-order valence-corrected chi connectivity index (χ0v) is 18.5. The van der Waals surface area contributed by atoms with Gasteiger partial charge in [-0.05, 0) is 61.6 Å². The standard InChI is InChI=1S/C22H30N2O5S/c1-3-29-20(26)22(7-11-23(12-8-22)21(27)28)9-13-30-19-5-4-17-6-10-24(16(2)25)15-18(17)14-19/h4-5,14H,3,6-13,15H2,1-2H3,(H,27,28). The van der Waals surface area contributed by atoms with Crippen molar-refractivity contribution in [3.05, 3.63) is 29.3 Å². The lowest BCUT2D eigenvalue weighted by molar-refractivity contribution is -0.158. The quantitative estimate of drug-likeness (QED) is 0.545. The molecule has 1 fully saturated rings. The fourth-order valence-corrected chi connectivity index (χ4v) is 5.34. The van der Waals surface area contributed by atoms with Crippen LogP contribution in [-0.4, -0.2) is 64.9 Å². The van der Waals surface area contributed by atoms with Crippen LogP contribution in [0.4, 0.5) is 4.79 Å². The van der Waals surface area contributed by atoms with Crippen molar-refractivity contribution in [2.24, 2.45) is 5.41 Å². The van der Waals surface area contributed by atoms with Gasteiger partial charge in [-0.3, -0.25) is 9.59 Å². The van der Waals surface area contributed by atoms with E-state index in [4.69, 9.17) is 4.74 Å². The van der Waals surface area contributed by atoms with E-state index in [2.05, 4.69) is 18.2 Å². The van der Waals surface area contributed by atoms with E-state index in [0.29, 0.717) is 45.5 Å². The van der Waals surface area contributed by atoms with E-state index in [1.165, 1.54) is 16.0 Å². The summed E-state index contributed by atoms with van der Waals surface area (Å²) in [5.41, 5.74) is 1.87. The summed E-state index contributed by atoms with van der Waals surface area (Å²) in [5.74, 6) is 0.641. The van der Waals surface area contributed by atoms with E-state index in [0.717, 1.165) is 23.6 Å². The van der Waals surface area contributed by atoms with Crippen molar-refractivity contribution in [2.45, 2.75) is 51.0 Å². The number of carbonyl (C=O) groups is 3. The number of fused-ring (bicyclic) bond motifs is 1. The third-order valence-electron chi connectivity index (χ3n) is 6.18. The van der Waals surface area contributed by atoms with Gasteiger partial charge in [0.1, 0.15) is 0 Å². The Kier molecular flexibility index (Phi) is 7.28. The number of benzene rings is 1. The van der Waals surface area contributed by atoms with Crippen LogP contribution in [-0.2, 0) is 27.3 Å². The fourth-order valence-electron chi connectivity index (χ4n) is 4.22. The summed E-state index contributed by atoms with van der Waals surface area (Å²) >= 11 is 1.70. The highest BCUT2D eigenvalue weighted by atomic mass is 32.2. The molecule has 1 aromatic rings. The summed E-state index contributed by atoms with van der Waals surface area (Å²) in [7, 11) is 0. The molecule has 0 atom stereocenters. The molecule has 0 aliphatic carbocycles. The first kappa shape index (κ1) is 22.5. The third-order valence-corrected chi connectivity index (χ3v) is 7.18. The molecule has 1 N–H and O–H groups in total. The van der Waals surface area contributed by atoms with Crippen molar-refractivity contribution < 1.29 is 24.2 Å². The first-order valence-electron chi connectivity index (χ1n) is 10.5. The van der Waals surface area contributed by atoms with Crippen LogP contribution in [0, 0.1) is 5.41 Å². The molecule has 1 aromatic carbocycles. The van der Waals surface area contributed by atoms with Crippen molar-refractivity contribution in [1.82, 2.24) is 9.80 Å². The van der Waals surface area contributed by atoms with Crippen LogP contribution in [0.3, 0.4) is 0 Å². The van der Waals surface area contributed by atoms with Gasteiger partial charge in [0.25, 0.3) is 0 Å². The molecule has 8 heteroatoms. The van der Waals surface area contributed by atoms with Crippen LogP contribution < -0.4 is 0 Å². The Bertz CT molecular complexity index is 805. The van der Waals surface area contributed by atoms with E-state index in [1.807, 2.05) is 4.90 Å². The molecule has 0 saturated carbocycles. The SMILES string of the molecule is CCOC(=O)C1(CCSc2ccc3c(c2)CN(C(C)=O)CC3)CCN(C(=O)O)CC1. The van der Waals surface area contributed by atoms with Crippen LogP contribution >= 0.6 is 11.8 Å². The van der Waals surface area contributed by atoms with Gasteiger partial charge in [0, 0.05) is 38.0 Å². The Morgan fingerprint density at radius 3 is 2.50 bits per heavy atom. The average Bonchev–Trinajstić information content (AvgIpc) is 2.73. The number of likely N-dealkylation sites (tertiary alicyclic amines) is 1. The van der Waals surface area contributed by atoms with Gasteiger partial charge in [0.15, 0.2) is 0 Å². The number of rotatable bonds is 6. The Morgan fingerprint density at radius 1 is 1.13 bits per heavy atom. The zero-order valence-electron chi connectivity index (χ0n) is 17.7. The number of carboxylic acid groups (broad SMARTS) is 1. The minimum Gasteiger partial charge on any atom is -0.466 e. The number of nitrogens with zero attached hydrogens (tertiary/aromatic N) is 2. The number of carbonyl (C=O) groups excluding carboxylic acids is 2. The molecule has 2 aliphatic rings. The van der Waals surface area contributed by atoms with Crippen LogP contribution in [0.2, 0.25) is 0 Å². The summed E-state index contributed by atoms with van der Waals surface area (Å²) in [6, 6.07) is 6.40.